The number of hydrogen-bond donors (Lipinski definition) is 0. The van der Waals surface area contributed by atoms with Crippen molar-refractivity contribution in [1.82, 2.24) is 14.8 Å². The van der Waals surface area contributed by atoms with Crippen LogP contribution in [-0.2, 0) is 24.2 Å². The number of aromatic nitrogens is 3. The largest absolute Gasteiger partial charge is 0.299 e. The summed E-state index contributed by atoms with van der Waals surface area (Å²) in [5.74, 6) is 1.16. The van der Waals surface area contributed by atoms with Crippen LogP contribution in [0.1, 0.15) is 48.4 Å². The Morgan fingerprint density at radius 3 is 3.30 bits per heavy atom. The molecule has 0 radical (unpaired) electrons. The summed E-state index contributed by atoms with van der Waals surface area (Å²) in [6, 6.07) is 2.12. The number of carbonyl (C=O) groups is 1. The molecule has 1 aliphatic carbocycles. The number of ketones is 1. The number of rotatable bonds is 5. The molecule has 0 N–H and O–H groups in total. The van der Waals surface area contributed by atoms with Gasteiger partial charge in [-0.25, -0.2) is 9.67 Å². The standard InChI is InChI=1S/C15H19N3OS/c1-2-7-18-15(16-10-17-18)9-13(19)11-4-3-5-14-12(11)6-8-20-14/h6,8,10-11H,2-5,7,9H2,1H3. The molecule has 2 aromatic heterocycles. The number of carbonyl (C=O) groups excluding carboxylic acids is 1. The molecule has 0 amide bonds. The summed E-state index contributed by atoms with van der Waals surface area (Å²) in [6.07, 6.45) is 6.18. The van der Waals surface area contributed by atoms with E-state index in [9.17, 15) is 4.79 Å². The molecule has 2 heterocycles. The molecule has 1 unspecified atom stereocenters. The quantitative estimate of drug-likeness (QED) is 0.850. The summed E-state index contributed by atoms with van der Waals surface area (Å²) < 4.78 is 1.86. The molecule has 0 spiro atoms. The van der Waals surface area contributed by atoms with Crippen molar-refractivity contribution in [3.8, 4) is 0 Å². The number of Topliss-reactive ketones (excluding diaryl/α,β-unsaturated/α-hetero) is 1. The van der Waals surface area contributed by atoms with Crippen LogP contribution in [0.15, 0.2) is 17.8 Å². The van der Waals surface area contributed by atoms with Gasteiger partial charge >= 0.3 is 0 Å². The van der Waals surface area contributed by atoms with Gasteiger partial charge in [-0.2, -0.15) is 5.10 Å². The van der Waals surface area contributed by atoms with Gasteiger partial charge in [0.15, 0.2) is 0 Å². The highest BCUT2D eigenvalue weighted by Gasteiger charge is 2.28. The summed E-state index contributed by atoms with van der Waals surface area (Å²) in [6.45, 7) is 2.93. The van der Waals surface area contributed by atoms with Crippen LogP contribution in [0.25, 0.3) is 0 Å². The average Bonchev–Trinajstić information content (AvgIpc) is 3.08. The van der Waals surface area contributed by atoms with Crippen molar-refractivity contribution in [2.45, 2.75) is 51.5 Å². The first-order valence-electron chi connectivity index (χ1n) is 7.25. The normalized spacial score (nSPS) is 17.9. The minimum Gasteiger partial charge on any atom is -0.299 e. The Bertz CT molecular complexity index is 602. The molecule has 0 saturated carbocycles. The zero-order chi connectivity index (χ0) is 13.9. The van der Waals surface area contributed by atoms with E-state index in [-0.39, 0.29) is 11.7 Å². The maximum absolute atomic E-state index is 12.6. The third kappa shape index (κ3) is 2.54. The van der Waals surface area contributed by atoms with Gasteiger partial charge in [0.25, 0.3) is 0 Å². The third-order valence-electron chi connectivity index (χ3n) is 3.90. The van der Waals surface area contributed by atoms with Gasteiger partial charge in [0.2, 0.25) is 0 Å². The first kappa shape index (κ1) is 13.5. The Hall–Kier alpha value is -1.49. The van der Waals surface area contributed by atoms with Crippen LogP contribution in [0.5, 0.6) is 0 Å². The maximum Gasteiger partial charge on any atom is 0.147 e. The molecule has 4 nitrogen and oxygen atoms in total. The molecule has 5 heteroatoms. The monoisotopic (exact) mass is 289 g/mol. The highest BCUT2D eigenvalue weighted by atomic mass is 32.1. The van der Waals surface area contributed by atoms with E-state index in [0.717, 1.165) is 38.1 Å². The van der Waals surface area contributed by atoms with Crippen molar-refractivity contribution in [2.75, 3.05) is 0 Å². The average molecular weight is 289 g/mol. The van der Waals surface area contributed by atoms with Crippen LogP contribution in [0, 0.1) is 0 Å². The molecule has 1 aliphatic rings. The number of fused-ring (bicyclic) bond motifs is 1. The molecule has 106 valence electrons. The molecular formula is C15H19N3OS. The Kier molecular flexibility index (Phi) is 3.96. The zero-order valence-electron chi connectivity index (χ0n) is 11.7. The molecule has 0 aromatic carbocycles. The molecule has 0 bridgehead atoms. The van der Waals surface area contributed by atoms with Crippen LogP contribution in [0.2, 0.25) is 0 Å². The smallest absolute Gasteiger partial charge is 0.147 e. The van der Waals surface area contributed by atoms with E-state index in [1.54, 1.807) is 17.7 Å². The summed E-state index contributed by atoms with van der Waals surface area (Å²) in [5.41, 5.74) is 1.26. The van der Waals surface area contributed by atoms with E-state index in [2.05, 4.69) is 28.5 Å². The molecule has 1 atom stereocenters. The SMILES string of the molecule is CCCn1ncnc1CC(=O)C1CCCc2sccc21. The highest BCUT2D eigenvalue weighted by Crippen LogP contribution is 2.35. The van der Waals surface area contributed by atoms with Gasteiger partial charge in [0.05, 0.1) is 6.42 Å². The van der Waals surface area contributed by atoms with Gasteiger partial charge in [-0.3, -0.25) is 4.79 Å². The van der Waals surface area contributed by atoms with Crippen molar-refractivity contribution < 1.29 is 4.79 Å². The van der Waals surface area contributed by atoms with Gasteiger partial charge in [0.1, 0.15) is 17.9 Å². The Morgan fingerprint density at radius 2 is 2.45 bits per heavy atom. The van der Waals surface area contributed by atoms with Crippen molar-refractivity contribution in [1.29, 1.82) is 0 Å². The van der Waals surface area contributed by atoms with Crippen LogP contribution in [-0.4, -0.2) is 20.5 Å². The van der Waals surface area contributed by atoms with E-state index >= 15 is 0 Å². The van der Waals surface area contributed by atoms with Gasteiger partial charge < -0.3 is 0 Å². The van der Waals surface area contributed by atoms with Crippen LogP contribution in [0.3, 0.4) is 0 Å². The fraction of sp³-hybridized carbons (Fsp3) is 0.533. The van der Waals surface area contributed by atoms with Crippen LogP contribution >= 0.6 is 11.3 Å². The predicted molar refractivity (Wildman–Crippen MR) is 79.0 cm³/mol. The molecule has 20 heavy (non-hydrogen) atoms. The van der Waals surface area contributed by atoms with E-state index in [0.29, 0.717) is 6.42 Å². The molecule has 3 rings (SSSR count). The molecule has 0 fully saturated rings. The molecule has 0 aliphatic heterocycles. The number of aryl methyl sites for hydroxylation is 2. The lowest BCUT2D eigenvalue weighted by Gasteiger charge is -2.21. The van der Waals surface area contributed by atoms with Crippen LogP contribution < -0.4 is 0 Å². The Morgan fingerprint density at radius 1 is 1.55 bits per heavy atom. The van der Waals surface area contributed by atoms with E-state index < -0.39 is 0 Å². The lowest BCUT2D eigenvalue weighted by molar-refractivity contribution is -0.120. The molecule has 2 aromatic rings. The zero-order valence-corrected chi connectivity index (χ0v) is 12.5. The first-order valence-corrected chi connectivity index (χ1v) is 8.13. The minimum absolute atomic E-state index is 0.0665. The number of hydrogen-bond acceptors (Lipinski definition) is 4. The maximum atomic E-state index is 12.6. The van der Waals surface area contributed by atoms with E-state index in [4.69, 9.17) is 0 Å². The second-order valence-corrected chi connectivity index (χ2v) is 6.29. The summed E-state index contributed by atoms with van der Waals surface area (Å²) in [5, 5.41) is 6.30. The molecule has 0 saturated heterocycles. The van der Waals surface area contributed by atoms with Crippen LogP contribution in [0.4, 0.5) is 0 Å². The van der Waals surface area contributed by atoms with Gasteiger partial charge in [-0.05, 0) is 42.7 Å². The topological polar surface area (TPSA) is 47.8 Å². The summed E-state index contributed by atoms with van der Waals surface area (Å²) in [7, 11) is 0. The lowest BCUT2D eigenvalue weighted by Crippen LogP contribution is -2.21. The van der Waals surface area contributed by atoms with E-state index in [1.807, 2.05) is 4.68 Å². The van der Waals surface area contributed by atoms with Crippen molar-refractivity contribution in [3.05, 3.63) is 34.0 Å². The summed E-state index contributed by atoms with van der Waals surface area (Å²) in [4.78, 5) is 18.2. The minimum atomic E-state index is 0.0665. The third-order valence-corrected chi connectivity index (χ3v) is 4.90. The predicted octanol–water partition coefficient (Wildman–Crippen LogP) is 2.98. The van der Waals surface area contributed by atoms with E-state index in [1.165, 1.54) is 10.4 Å². The second kappa shape index (κ2) is 5.87. The fourth-order valence-electron chi connectivity index (χ4n) is 2.92. The van der Waals surface area contributed by atoms with Crippen molar-refractivity contribution in [3.63, 3.8) is 0 Å². The summed E-state index contributed by atoms with van der Waals surface area (Å²) >= 11 is 1.78. The lowest BCUT2D eigenvalue weighted by atomic mass is 9.84. The molecular weight excluding hydrogens is 270 g/mol. The first-order chi connectivity index (χ1) is 9.79. The Labute approximate surface area is 122 Å². The fourth-order valence-corrected chi connectivity index (χ4v) is 3.91. The van der Waals surface area contributed by atoms with Gasteiger partial charge in [-0.1, -0.05) is 6.92 Å². The number of thiophene rings is 1. The van der Waals surface area contributed by atoms with Gasteiger partial charge in [-0.15, -0.1) is 11.3 Å². The Balaban J connectivity index is 1.76. The van der Waals surface area contributed by atoms with Crippen molar-refractivity contribution in [2.24, 2.45) is 0 Å². The van der Waals surface area contributed by atoms with Crippen molar-refractivity contribution >= 4 is 17.1 Å². The second-order valence-electron chi connectivity index (χ2n) is 5.29. The highest BCUT2D eigenvalue weighted by molar-refractivity contribution is 7.10. The van der Waals surface area contributed by atoms with Gasteiger partial charge in [0, 0.05) is 17.3 Å². The number of nitrogens with zero attached hydrogens (tertiary/aromatic N) is 3.